The standard InChI is InChI=1S/C11H10BrCl3O/c1-7(16)9(11(13,14)15)10(12)8-5-3-2-4-6-8/h2-6,9-10H,1H3. The molecule has 0 bridgehead atoms. The van der Waals surface area contributed by atoms with E-state index >= 15 is 0 Å². The second kappa shape index (κ2) is 5.72. The fourth-order valence-electron chi connectivity index (χ4n) is 1.43. The molecule has 16 heavy (non-hydrogen) atoms. The van der Waals surface area contributed by atoms with Crippen LogP contribution >= 0.6 is 50.7 Å². The number of hydrogen-bond donors (Lipinski definition) is 0. The predicted octanol–water partition coefficient (Wildman–Crippen LogP) is 4.70. The lowest BCUT2D eigenvalue weighted by Gasteiger charge is -2.26. The first-order chi connectivity index (χ1) is 7.34. The number of carbonyl (C=O) groups is 1. The SMILES string of the molecule is CC(=O)C(C(Br)c1ccccc1)C(Cl)(Cl)Cl. The molecule has 0 heterocycles. The molecule has 0 fully saturated rings. The highest BCUT2D eigenvalue weighted by atomic mass is 79.9. The van der Waals surface area contributed by atoms with Crippen molar-refractivity contribution in [1.29, 1.82) is 0 Å². The predicted molar refractivity (Wildman–Crippen MR) is 72.6 cm³/mol. The van der Waals surface area contributed by atoms with Gasteiger partial charge in [0.15, 0.2) is 0 Å². The van der Waals surface area contributed by atoms with Gasteiger partial charge in [-0.05, 0) is 12.5 Å². The van der Waals surface area contributed by atoms with Crippen LogP contribution in [0.15, 0.2) is 30.3 Å². The Hall–Kier alpha value is 0.240. The highest BCUT2D eigenvalue weighted by Gasteiger charge is 2.41. The van der Waals surface area contributed by atoms with Crippen molar-refractivity contribution in [1.82, 2.24) is 0 Å². The third kappa shape index (κ3) is 3.63. The maximum atomic E-state index is 11.5. The second-order valence-corrected chi connectivity index (χ2v) is 6.80. The van der Waals surface area contributed by atoms with E-state index in [0.717, 1.165) is 5.56 Å². The zero-order chi connectivity index (χ0) is 12.3. The van der Waals surface area contributed by atoms with Crippen molar-refractivity contribution in [2.45, 2.75) is 15.5 Å². The van der Waals surface area contributed by atoms with Gasteiger partial charge in [0, 0.05) is 0 Å². The molecule has 5 heteroatoms. The van der Waals surface area contributed by atoms with Gasteiger partial charge in [-0.15, -0.1) is 0 Å². The second-order valence-electron chi connectivity index (χ2n) is 3.44. The Morgan fingerprint density at radius 1 is 1.25 bits per heavy atom. The van der Waals surface area contributed by atoms with Gasteiger partial charge in [-0.3, -0.25) is 4.79 Å². The fraction of sp³-hybridized carbons (Fsp3) is 0.364. The summed E-state index contributed by atoms with van der Waals surface area (Å²) in [4.78, 5) is 11.2. The molecule has 2 unspecified atom stereocenters. The van der Waals surface area contributed by atoms with Gasteiger partial charge < -0.3 is 0 Å². The molecule has 0 saturated carbocycles. The lowest BCUT2D eigenvalue weighted by Crippen LogP contribution is -2.29. The van der Waals surface area contributed by atoms with Crippen molar-refractivity contribution < 1.29 is 4.79 Å². The van der Waals surface area contributed by atoms with Crippen LogP contribution in [0.5, 0.6) is 0 Å². The van der Waals surface area contributed by atoms with Crippen LogP contribution in [0.2, 0.25) is 0 Å². The van der Waals surface area contributed by atoms with Crippen LogP contribution in [-0.4, -0.2) is 9.58 Å². The van der Waals surface area contributed by atoms with Crippen LogP contribution in [0.25, 0.3) is 0 Å². The Labute approximate surface area is 118 Å². The molecule has 88 valence electrons. The van der Waals surface area contributed by atoms with Crippen molar-refractivity contribution in [3.63, 3.8) is 0 Å². The Morgan fingerprint density at radius 2 is 1.75 bits per heavy atom. The van der Waals surface area contributed by atoms with Gasteiger partial charge in [0.25, 0.3) is 0 Å². The molecule has 0 aliphatic rings. The lowest BCUT2D eigenvalue weighted by molar-refractivity contribution is -0.120. The summed E-state index contributed by atoms with van der Waals surface area (Å²) in [5.41, 5.74) is 0.911. The van der Waals surface area contributed by atoms with E-state index in [0.29, 0.717) is 0 Å². The van der Waals surface area contributed by atoms with Crippen molar-refractivity contribution in [3.05, 3.63) is 35.9 Å². The minimum atomic E-state index is -1.62. The number of hydrogen-bond acceptors (Lipinski definition) is 1. The topological polar surface area (TPSA) is 17.1 Å². The van der Waals surface area contributed by atoms with E-state index in [-0.39, 0.29) is 10.6 Å². The minimum absolute atomic E-state index is 0.161. The molecule has 1 nitrogen and oxygen atoms in total. The Balaban J connectivity index is 3.02. The molecule has 0 amide bonds. The maximum absolute atomic E-state index is 11.5. The van der Waals surface area contributed by atoms with E-state index < -0.39 is 9.71 Å². The maximum Gasteiger partial charge on any atom is 0.201 e. The van der Waals surface area contributed by atoms with E-state index in [1.54, 1.807) is 0 Å². The van der Waals surface area contributed by atoms with Gasteiger partial charge in [-0.25, -0.2) is 0 Å². The largest absolute Gasteiger partial charge is 0.299 e. The average molecular weight is 344 g/mol. The number of halogens is 4. The summed E-state index contributed by atoms with van der Waals surface area (Å²) in [7, 11) is 0. The van der Waals surface area contributed by atoms with Gasteiger partial charge in [0.1, 0.15) is 5.78 Å². The van der Waals surface area contributed by atoms with Crippen molar-refractivity contribution in [2.24, 2.45) is 5.92 Å². The van der Waals surface area contributed by atoms with E-state index in [4.69, 9.17) is 34.8 Å². The summed E-state index contributed by atoms with van der Waals surface area (Å²) in [5, 5.41) is 0. The molecule has 1 aromatic carbocycles. The monoisotopic (exact) mass is 342 g/mol. The Bertz CT molecular complexity index is 361. The highest BCUT2D eigenvalue weighted by Crippen LogP contribution is 2.46. The molecule has 0 radical (unpaired) electrons. The zero-order valence-corrected chi connectivity index (χ0v) is 12.3. The first-order valence-corrected chi connectivity index (χ1v) is 6.65. The third-order valence-corrected chi connectivity index (χ3v) is 3.96. The fourth-order valence-corrected chi connectivity index (χ4v) is 3.80. The van der Waals surface area contributed by atoms with Crippen LogP contribution < -0.4 is 0 Å². The molecule has 2 atom stereocenters. The molecule has 0 aromatic heterocycles. The first kappa shape index (κ1) is 14.3. The number of rotatable bonds is 3. The van der Waals surface area contributed by atoms with Gasteiger partial charge >= 0.3 is 0 Å². The van der Waals surface area contributed by atoms with Crippen molar-refractivity contribution in [3.8, 4) is 0 Å². The molecule has 0 aliphatic carbocycles. The average Bonchev–Trinajstić information content (AvgIpc) is 2.16. The molecular weight excluding hydrogens is 334 g/mol. The van der Waals surface area contributed by atoms with Crippen molar-refractivity contribution >= 4 is 56.5 Å². The van der Waals surface area contributed by atoms with Gasteiger partial charge in [-0.1, -0.05) is 81.1 Å². The Morgan fingerprint density at radius 3 is 2.12 bits per heavy atom. The molecule has 0 N–H and O–H groups in total. The van der Waals surface area contributed by atoms with Gasteiger partial charge in [0.2, 0.25) is 3.79 Å². The molecule has 1 rings (SSSR count). The summed E-state index contributed by atoms with van der Waals surface area (Å²) in [6.07, 6.45) is 0. The van der Waals surface area contributed by atoms with Crippen LogP contribution in [0, 0.1) is 5.92 Å². The van der Waals surface area contributed by atoms with E-state index in [2.05, 4.69) is 15.9 Å². The highest BCUT2D eigenvalue weighted by molar-refractivity contribution is 9.09. The molecule has 1 aromatic rings. The van der Waals surface area contributed by atoms with Crippen molar-refractivity contribution in [2.75, 3.05) is 0 Å². The first-order valence-electron chi connectivity index (χ1n) is 4.60. The number of carbonyl (C=O) groups excluding carboxylic acids is 1. The molecular formula is C11H10BrCl3O. The lowest BCUT2D eigenvalue weighted by atomic mass is 9.97. The summed E-state index contributed by atoms with van der Waals surface area (Å²) < 4.78 is -1.62. The van der Waals surface area contributed by atoms with E-state index in [1.807, 2.05) is 30.3 Å². The zero-order valence-electron chi connectivity index (χ0n) is 8.46. The summed E-state index contributed by atoms with van der Waals surface area (Å²) in [6.45, 7) is 1.42. The number of alkyl halides is 4. The number of ketones is 1. The van der Waals surface area contributed by atoms with E-state index in [9.17, 15) is 4.79 Å². The Kier molecular flexibility index (Phi) is 5.11. The van der Waals surface area contributed by atoms with Gasteiger partial charge in [0.05, 0.1) is 10.7 Å². The van der Waals surface area contributed by atoms with Crippen LogP contribution in [-0.2, 0) is 4.79 Å². The summed E-state index contributed by atoms with van der Waals surface area (Å²) in [6, 6.07) is 9.40. The minimum Gasteiger partial charge on any atom is -0.299 e. The number of benzene rings is 1. The molecule has 0 saturated heterocycles. The van der Waals surface area contributed by atoms with Crippen LogP contribution in [0.3, 0.4) is 0 Å². The summed E-state index contributed by atoms with van der Waals surface area (Å²) >= 11 is 20.9. The molecule has 0 aliphatic heterocycles. The third-order valence-electron chi connectivity index (χ3n) is 2.20. The molecule has 0 spiro atoms. The van der Waals surface area contributed by atoms with Gasteiger partial charge in [-0.2, -0.15) is 0 Å². The van der Waals surface area contributed by atoms with E-state index in [1.165, 1.54) is 6.92 Å². The number of Topliss-reactive ketones (excluding diaryl/α,β-unsaturated/α-hetero) is 1. The van der Waals surface area contributed by atoms with Crippen LogP contribution in [0.4, 0.5) is 0 Å². The normalized spacial score (nSPS) is 15.6. The quantitative estimate of drug-likeness (QED) is 0.727. The summed E-state index contributed by atoms with van der Waals surface area (Å²) in [5.74, 6) is -0.870. The smallest absolute Gasteiger partial charge is 0.201 e. The van der Waals surface area contributed by atoms with Crippen LogP contribution in [0.1, 0.15) is 17.3 Å².